The number of anilines is 1. The molecule has 1 aromatic rings. The number of rotatable bonds is 4. The van der Waals surface area contributed by atoms with Crippen molar-refractivity contribution in [1.29, 1.82) is 0 Å². The molecule has 21 heavy (non-hydrogen) atoms. The van der Waals surface area contributed by atoms with Gasteiger partial charge in [-0.15, -0.1) is 4.98 Å². The predicted octanol–water partition coefficient (Wildman–Crippen LogP) is 3.01. The third-order valence-electron chi connectivity index (χ3n) is 2.17. The Labute approximate surface area is 128 Å². The quantitative estimate of drug-likeness (QED) is 0.835. The highest BCUT2D eigenvalue weighted by molar-refractivity contribution is 6.31. The van der Waals surface area contributed by atoms with Gasteiger partial charge in [0.15, 0.2) is 17.2 Å². The van der Waals surface area contributed by atoms with E-state index < -0.39 is 11.7 Å². The van der Waals surface area contributed by atoms with E-state index in [0.717, 1.165) is 0 Å². The molecule has 0 unspecified atom stereocenters. The summed E-state index contributed by atoms with van der Waals surface area (Å²) in [6.45, 7) is 14.5. The van der Waals surface area contributed by atoms with Crippen LogP contribution in [0.5, 0.6) is 0 Å². The molecule has 7 nitrogen and oxygen atoms in total. The number of ether oxygens (including phenoxy) is 1. The minimum atomic E-state index is -0.536. The van der Waals surface area contributed by atoms with Crippen LogP contribution in [0.25, 0.3) is 4.85 Å². The Morgan fingerprint density at radius 3 is 2.76 bits per heavy atom. The Kier molecular flexibility index (Phi) is 5.73. The number of nitrogens with zero attached hydrogens (tertiary/aromatic N) is 3. The number of carbonyl (C=O) groups excluding carboxylic acids is 1. The normalized spacial score (nSPS) is 12.2. The number of alkyl carbamates (subject to hydrolysis) is 1. The van der Waals surface area contributed by atoms with Crippen molar-refractivity contribution in [2.24, 2.45) is 0 Å². The molecular formula is C13H18ClN5O2. The molecule has 1 atom stereocenters. The molecule has 0 saturated heterocycles. The van der Waals surface area contributed by atoms with Crippen molar-refractivity contribution in [3.05, 3.63) is 22.8 Å². The third kappa shape index (κ3) is 6.27. The number of carbonyl (C=O) groups is 1. The van der Waals surface area contributed by atoms with Crippen molar-refractivity contribution < 1.29 is 9.53 Å². The summed E-state index contributed by atoms with van der Waals surface area (Å²) in [5.41, 5.74) is -0.536. The van der Waals surface area contributed by atoms with Crippen molar-refractivity contribution in [2.45, 2.75) is 39.3 Å². The first-order valence-electron chi connectivity index (χ1n) is 6.34. The second kappa shape index (κ2) is 7.09. The molecule has 1 rings (SSSR count). The number of aromatic nitrogens is 2. The molecule has 0 radical (unpaired) electrons. The van der Waals surface area contributed by atoms with Gasteiger partial charge in [-0.25, -0.2) is 9.78 Å². The van der Waals surface area contributed by atoms with Crippen molar-refractivity contribution in [3.8, 4) is 0 Å². The van der Waals surface area contributed by atoms with Crippen molar-refractivity contribution in [2.75, 3.05) is 11.9 Å². The monoisotopic (exact) mass is 311 g/mol. The Morgan fingerprint density at radius 1 is 1.57 bits per heavy atom. The van der Waals surface area contributed by atoms with Gasteiger partial charge in [0.2, 0.25) is 0 Å². The van der Waals surface area contributed by atoms with Crippen LogP contribution in [0.1, 0.15) is 27.7 Å². The molecule has 1 heterocycles. The van der Waals surface area contributed by atoms with E-state index in [-0.39, 0.29) is 17.0 Å². The SMILES string of the molecule is [C-]#[N+]c1ncc(NC[C@H](C)NC(=O)OC(C)(C)C)nc1Cl. The maximum Gasteiger partial charge on any atom is 0.407 e. The first-order chi connectivity index (χ1) is 9.71. The van der Waals surface area contributed by atoms with Gasteiger partial charge in [0, 0.05) is 12.6 Å². The number of halogens is 1. The molecule has 2 N–H and O–H groups in total. The van der Waals surface area contributed by atoms with Gasteiger partial charge in [-0.2, -0.15) is 0 Å². The molecule has 0 aliphatic heterocycles. The topological polar surface area (TPSA) is 80.5 Å². The molecule has 0 aliphatic carbocycles. The number of hydrogen-bond acceptors (Lipinski definition) is 5. The Bertz CT molecular complexity index is 550. The van der Waals surface area contributed by atoms with Crippen molar-refractivity contribution in [3.63, 3.8) is 0 Å². The largest absolute Gasteiger partial charge is 0.444 e. The van der Waals surface area contributed by atoms with E-state index in [4.69, 9.17) is 22.9 Å². The van der Waals surface area contributed by atoms with Gasteiger partial charge in [0.25, 0.3) is 0 Å². The number of nitrogens with one attached hydrogen (secondary N) is 2. The van der Waals surface area contributed by atoms with Gasteiger partial charge in [-0.1, -0.05) is 18.2 Å². The summed E-state index contributed by atoms with van der Waals surface area (Å²) in [5, 5.41) is 5.71. The highest BCUT2D eigenvalue weighted by atomic mass is 35.5. The molecule has 1 amide bonds. The van der Waals surface area contributed by atoms with E-state index in [9.17, 15) is 4.79 Å². The summed E-state index contributed by atoms with van der Waals surface area (Å²) >= 11 is 5.78. The van der Waals surface area contributed by atoms with E-state index in [1.807, 2.05) is 6.92 Å². The standard InChI is InChI=1S/C13H18ClN5O2/c1-8(18-12(20)21-13(2,3)4)6-16-9-7-17-11(15-5)10(14)19-9/h7-8H,6H2,1-4H3,(H,16,19)(H,18,20)/t8-/m0/s1. The molecule has 0 bridgehead atoms. The zero-order valence-electron chi connectivity index (χ0n) is 12.4. The summed E-state index contributed by atoms with van der Waals surface area (Å²) in [6, 6.07) is -0.180. The molecule has 114 valence electrons. The van der Waals surface area contributed by atoms with Gasteiger partial charge < -0.3 is 20.2 Å². The smallest absolute Gasteiger partial charge is 0.407 e. The summed E-state index contributed by atoms with van der Waals surface area (Å²) in [6.07, 6.45) is 0.934. The van der Waals surface area contributed by atoms with Crippen LogP contribution in [0.3, 0.4) is 0 Å². The average molecular weight is 312 g/mol. The first-order valence-corrected chi connectivity index (χ1v) is 6.72. The molecule has 1 aromatic heterocycles. The van der Waals surface area contributed by atoms with Crippen LogP contribution < -0.4 is 10.6 Å². The summed E-state index contributed by atoms with van der Waals surface area (Å²) < 4.78 is 5.15. The molecule has 8 heteroatoms. The van der Waals surface area contributed by atoms with Gasteiger partial charge in [0.1, 0.15) is 5.60 Å². The minimum absolute atomic E-state index is 0.0442. The van der Waals surface area contributed by atoms with Crippen LogP contribution in [0, 0.1) is 6.57 Å². The van der Waals surface area contributed by atoms with Crippen LogP contribution in [0.4, 0.5) is 16.4 Å². The molecule has 0 aromatic carbocycles. The number of hydrogen-bond donors (Lipinski definition) is 2. The Hall–Kier alpha value is -2.07. The van der Waals surface area contributed by atoms with E-state index in [0.29, 0.717) is 12.4 Å². The first kappa shape index (κ1) is 17.0. The highest BCUT2D eigenvalue weighted by Crippen LogP contribution is 2.20. The van der Waals surface area contributed by atoms with Crippen LogP contribution >= 0.6 is 11.6 Å². The second-order valence-electron chi connectivity index (χ2n) is 5.41. The summed E-state index contributed by atoms with van der Waals surface area (Å²) in [4.78, 5) is 22.5. The van der Waals surface area contributed by atoms with Gasteiger partial charge in [0.05, 0.1) is 0 Å². The maximum atomic E-state index is 11.6. The summed E-state index contributed by atoms with van der Waals surface area (Å²) in [5.74, 6) is 0.493. The maximum absolute atomic E-state index is 11.6. The molecular weight excluding hydrogens is 294 g/mol. The minimum Gasteiger partial charge on any atom is -0.444 e. The average Bonchev–Trinajstić information content (AvgIpc) is 2.34. The molecule has 0 saturated carbocycles. The van der Waals surface area contributed by atoms with E-state index >= 15 is 0 Å². The van der Waals surface area contributed by atoms with Gasteiger partial charge in [-0.3, -0.25) is 0 Å². The van der Waals surface area contributed by atoms with Gasteiger partial charge in [-0.05, 0) is 27.7 Å². The predicted molar refractivity (Wildman–Crippen MR) is 80.6 cm³/mol. The molecule has 0 fully saturated rings. The van der Waals surface area contributed by atoms with E-state index in [1.165, 1.54) is 6.20 Å². The van der Waals surface area contributed by atoms with Crippen LogP contribution in [-0.4, -0.2) is 34.2 Å². The fraction of sp³-hybridized carbons (Fsp3) is 0.538. The van der Waals surface area contributed by atoms with Crippen molar-refractivity contribution >= 4 is 29.3 Å². The Balaban J connectivity index is 2.46. The zero-order chi connectivity index (χ0) is 16.0. The lowest BCUT2D eigenvalue weighted by atomic mass is 10.2. The lowest BCUT2D eigenvalue weighted by Crippen LogP contribution is -2.40. The highest BCUT2D eigenvalue weighted by Gasteiger charge is 2.17. The third-order valence-corrected chi connectivity index (χ3v) is 2.42. The van der Waals surface area contributed by atoms with Gasteiger partial charge >= 0.3 is 11.9 Å². The molecule has 0 aliphatic rings. The number of amides is 1. The zero-order valence-corrected chi connectivity index (χ0v) is 13.2. The fourth-order valence-electron chi connectivity index (χ4n) is 1.34. The lowest BCUT2D eigenvalue weighted by Gasteiger charge is -2.22. The molecule has 0 spiro atoms. The second-order valence-corrected chi connectivity index (χ2v) is 5.77. The van der Waals surface area contributed by atoms with Crippen LogP contribution in [0.15, 0.2) is 6.20 Å². The van der Waals surface area contributed by atoms with Crippen LogP contribution in [0.2, 0.25) is 5.15 Å². The summed E-state index contributed by atoms with van der Waals surface area (Å²) in [7, 11) is 0. The van der Waals surface area contributed by atoms with Crippen molar-refractivity contribution in [1.82, 2.24) is 15.3 Å². The lowest BCUT2D eigenvalue weighted by molar-refractivity contribution is 0.0511. The fourth-order valence-corrected chi connectivity index (χ4v) is 1.52. The van der Waals surface area contributed by atoms with Crippen LogP contribution in [-0.2, 0) is 4.74 Å². The van der Waals surface area contributed by atoms with E-state index in [1.54, 1.807) is 20.8 Å². The Morgan fingerprint density at radius 2 is 2.24 bits per heavy atom. The van der Waals surface area contributed by atoms with E-state index in [2.05, 4.69) is 25.4 Å².